The molecule has 0 aromatic heterocycles. The zero-order valence-corrected chi connectivity index (χ0v) is 15.2. The van der Waals surface area contributed by atoms with E-state index in [-0.39, 0.29) is 6.03 Å². The normalized spacial score (nSPS) is 31.3. The second kappa shape index (κ2) is 6.36. The molecule has 2 heterocycles. The van der Waals surface area contributed by atoms with Crippen molar-refractivity contribution in [3.05, 3.63) is 0 Å². The van der Waals surface area contributed by atoms with Crippen molar-refractivity contribution in [1.29, 1.82) is 0 Å². The van der Waals surface area contributed by atoms with Gasteiger partial charge in [-0.1, -0.05) is 13.3 Å². The first-order valence-corrected chi connectivity index (χ1v) is 7.67. The van der Waals surface area contributed by atoms with Gasteiger partial charge in [0.05, 0.1) is 7.11 Å². The SMILES string of the molecule is CCCC(OC)N1C(=O)N(OC)C2(OC)N(C)C(=O)N(C)C12OC. The number of methoxy groups -OCH3 is 3. The van der Waals surface area contributed by atoms with Crippen LogP contribution in [0.4, 0.5) is 9.59 Å². The van der Waals surface area contributed by atoms with Crippen molar-refractivity contribution >= 4 is 12.1 Å². The summed E-state index contributed by atoms with van der Waals surface area (Å²) in [6.45, 7) is 1.97. The topological polar surface area (TPSA) is 84.0 Å². The third-order valence-electron chi connectivity index (χ3n) is 4.74. The first kappa shape index (κ1) is 18.7. The van der Waals surface area contributed by atoms with E-state index in [9.17, 15) is 9.59 Å². The molecule has 138 valence electrons. The van der Waals surface area contributed by atoms with Crippen molar-refractivity contribution in [1.82, 2.24) is 19.8 Å². The lowest BCUT2D eigenvalue weighted by molar-refractivity contribution is -0.368. The van der Waals surface area contributed by atoms with E-state index in [2.05, 4.69) is 0 Å². The summed E-state index contributed by atoms with van der Waals surface area (Å²) < 4.78 is 16.9. The largest absolute Gasteiger partial charge is 0.361 e. The highest BCUT2D eigenvalue weighted by molar-refractivity contribution is 5.86. The Morgan fingerprint density at radius 2 is 1.50 bits per heavy atom. The van der Waals surface area contributed by atoms with Crippen molar-refractivity contribution in [3.8, 4) is 0 Å². The highest BCUT2D eigenvalue weighted by atomic mass is 16.8. The van der Waals surface area contributed by atoms with Crippen LogP contribution in [0.25, 0.3) is 0 Å². The van der Waals surface area contributed by atoms with E-state index >= 15 is 0 Å². The maximum atomic E-state index is 13.1. The van der Waals surface area contributed by atoms with Gasteiger partial charge < -0.3 is 14.2 Å². The summed E-state index contributed by atoms with van der Waals surface area (Å²) >= 11 is 0. The first-order valence-electron chi connectivity index (χ1n) is 7.67. The number of carbonyl (C=O) groups excluding carboxylic acids is 2. The monoisotopic (exact) mass is 346 g/mol. The Bertz CT molecular complexity index is 519. The molecule has 2 aliphatic heterocycles. The Labute approximate surface area is 141 Å². The fourth-order valence-electron chi connectivity index (χ4n) is 3.71. The van der Waals surface area contributed by atoms with Crippen molar-refractivity contribution in [2.75, 3.05) is 42.5 Å². The lowest BCUT2D eigenvalue weighted by Crippen LogP contribution is -2.70. The second-order valence-electron chi connectivity index (χ2n) is 5.63. The molecule has 0 aromatic carbocycles. The molecule has 0 radical (unpaired) electrons. The number of rotatable bonds is 7. The zero-order valence-electron chi connectivity index (χ0n) is 15.2. The molecule has 0 aliphatic carbocycles. The quantitative estimate of drug-likeness (QED) is 0.673. The molecule has 0 N–H and O–H groups in total. The molecular formula is C14H26N4O6. The minimum absolute atomic E-state index is 0.385. The molecule has 0 bridgehead atoms. The van der Waals surface area contributed by atoms with Crippen molar-refractivity contribution in [2.45, 2.75) is 37.7 Å². The van der Waals surface area contributed by atoms with Gasteiger partial charge in [0, 0.05) is 35.4 Å². The van der Waals surface area contributed by atoms with Crippen LogP contribution >= 0.6 is 0 Å². The highest BCUT2D eigenvalue weighted by Crippen LogP contribution is 2.52. The molecule has 0 spiro atoms. The van der Waals surface area contributed by atoms with Crippen LogP contribution in [0.5, 0.6) is 0 Å². The van der Waals surface area contributed by atoms with Crippen LogP contribution in [0.3, 0.4) is 0 Å². The van der Waals surface area contributed by atoms with Crippen molar-refractivity contribution in [2.24, 2.45) is 0 Å². The average molecular weight is 346 g/mol. The third-order valence-corrected chi connectivity index (χ3v) is 4.74. The summed E-state index contributed by atoms with van der Waals surface area (Å²) in [6.07, 6.45) is 0.692. The van der Waals surface area contributed by atoms with E-state index in [0.717, 1.165) is 11.5 Å². The van der Waals surface area contributed by atoms with Crippen LogP contribution in [-0.2, 0) is 19.0 Å². The molecule has 3 atom stereocenters. The van der Waals surface area contributed by atoms with E-state index in [1.54, 1.807) is 7.05 Å². The van der Waals surface area contributed by atoms with Crippen LogP contribution in [-0.4, -0.2) is 92.3 Å². The molecule has 24 heavy (non-hydrogen) atoms. The number of urea groups is 2. The lowest BCUT2D eigenvalue weighted by Gasteiger charge is -2.45. The molecule has 3 unspecified atom stereocenters. The highest BCUT2D eigenvalue weighted by Gasteiger charge is 2.82. The number of fused-ring (bicyclic) bond motifs is 1. The predicted molar refractivity (Wildman–Crippen MR) is 82.2 cm³/mol. The number of hydroxylamine groups is 2. The van der Waals surface area contributed by atoms with Crippen molar-refractivity contribution in [3.63, 3.8) is 0 Å². The molecule has 10 heteroatoms. The first-order chi connectivity index (χ1) is 11.3. The van der Waals surface area contributed by atoms with Gasteiger partial charge in [-0.25, -0.2) is 14.5 Å². The minimum Gasteiger partial charge on any atom is -0.361 e. The lowest BCUT2D eigenvalue weighted by atomic mass is 10.2. The van der Waals surface area contributed by atoms with Gasteiger partial charge in [-0.3, -0.25) is 14.6 Å². The van der Waals surface area contributed by atoms with Gasteiger partial charge in [0.2, 0.25) is 0 Å². The van der Waals surface area contributed by atoms with E-state index < -0.39 is 24.0 Å². The van der Waals surface area contributed by atoms with E-state index in [1.165, 1.54) is 50.2 Å². The van der Waals surface area contributed by atoms with E-state index in [4.69, 9.17) is 19.0 Å². The Balaban J connectivity index is 2.73. The molecule has 0 saturated carbocycles. The fourth-order valence-corrected chi connectivity index (χ4v) is 3.71. The van der Waals surface area contributed by atoms with Crippen LogP contribution < -0.4 is 0 Å². The molecule has 4 amide bonds. The van der Waals surface area contributed by atoms with E-state index in [1.807, 2.05) is 6.92 Å². The van der Waals surface area contributed by atoms with Gasteiger partial charge in [-0.2, -0.15) is 0 Å². The van der Waals surface area contributed by atoms with Crippen molar-refractivity contribution < 1.29 is 28.6 Å². The standard InChI is InChI=1S/C14H26N4O6/c1-8-9-10(21-4)17-12(20)18(24-7)14(23-6)13(17,22-5)15(2)11(19)16(14)3/h10H,8-9H2,1-7H3. The molecule has 10 nitrogen and oxygen atoms in total. The summed E-state index contributed by atoms with van der Waals surface area (Å²) in [6, 6.07) is -0.905. The van der Waals surface area contributed by atoms with Gasteiger partial charge in [0.25, 0.3) is 0 Å². The number of hydrogen-bond donors (Lipinski definition) is 0. The number of carbonyl (C=O) groups is 2. The molecule has 0 aromatic rings. The van der Waals surface area contributed by atoms with Gasteiger partial charge in [-0.05, 0) is 6.42 Å². The van der Waals surface area contributed by atoms with Crippen LogP contribution in [0.1, 0.15) is 19.8 Å². The average Bonchev–Trinajstić information content (AvgIpc) is 2.91. The summed E-state index contributed by atoms with van der Waals surface area (Å²) in [5.74, 6) is -3.19. The van der Waals surface area contributed by atoms with Gasteiger partial charge in [0.15, 0.2) is 0 Å². The fraction of sp³-hybridized carbons (Fsp3) is 0.857. The summed E-state index contributed by atoms with van der Waals surface area (Å²) in [4.78, 5) is 35.0. The molecule has 2 fully saturated rings. The van der Waals surface area contributed by atoms with Crippen LogP contribution in [0.15, 0.2) is 0 Å². The van der Waals surface area contributed by atoms with Crippen LogP contribution in [0.2, 0.25) is 0 Å². The number of hydrogen-bond acceptors (Lipinski definition) is 6. The van der Waals surface area contributed by atoms with Gasteiger partial charge >= 0.3 is 23.8 Å². The minimum atomic E-state index is -1.62. The number of amides is 4. The summed E-state index contributed by atoms with van der Waals surface area (Å²) in [7, 11) is 8.70. The maximum absolute atomic E-state index is 13.1. The number of nitrogens with zero attached hydrogens (tertiary/aromatic N) is 4. The molecule has 2 aliphatic rings. The third kappa shape index (κ3) is 1.85. The van der Waals surface area contributed by atoms with Gasteiger partial charge in [-0.15, -0.1) is 5.06 Å². The molecular weight excluding hydrogens is 320 g/mol. The molecule has 2 rings (SSSR count). The summed E-state index contributed by atoms with van der Waals surface area (Å²) in [5.41, 5.74) is 0. The maximum Gasteiger partial charge on any atom is 0.354 e. The Morgan fingerprint density at radius 1 is 0.958 bits per heavy atom. The Kier molecular flexibility index (Phi) is 4.96. The van der Waals surface area contributed by atoms with E-state index in [0.29, 0.717) is 6.42 Å². The van der Waals surface area contributed by atoms with Gasteiger partial charge in [0.1, 0.15) is 6.23 Å². The Hall–Kier alpha value is -1.62. The number of ether oxygens (including phenoxy) is 3. The smallest absolute Gasteiger partial charge is 0.354 e. The molecule has 2 saturated heterocycles. The number of likely N-dealkylation sites (N-methyl/N-ethyl adjacent to an activating group) is 2. The van der Waals surface area contributed by atoms with Crippen LogP contribution in [0, 0.1) is 0 Å². The summed E-state index contributed by atoms with van der Waals surface area (Å²) in [5, 5.41) is 1.000. The Morgan fingerprint density at radius 3 is 1.92 bits per heavy atom. The zero-order chi connectivity index (χ0) is 18.3. The predicted octanol–water partition coefficient (Wildman–Crippen LogP) is 0.656. The second-order valence-corrected chi connectivity index (χ2v) is 5.63.